The molecule has 31 heavy (non-hydrogen) atoms. The molecule has 2 heterocycles. The lowest BCUT2D eigenvalue weighted by Gasteiger charge is -2.32. The van der Waals surface area contributed by atoms with E-state index >= 15 is 0 Å². The Balaban J connectivity index is 1.51. The summed E-state index contributed by atoms with van der Waals surface area (Å²) in [5, 5.41) is 3.12. The zero-order chi connectivity index (χ0) is 22.0. The van der Waals surface area contributed by atoms with Gasteiger partial charge in [0.15, 0.2) is 0 Å². The zero-order valence-electron chi connectivity index (χ0n) is 17.0. The van der Waals surface area contributed by atoms with Gasteiger partial charge in [0, 0.05) is 19.3 Å². The highest BCUT2D eigenvalue weighted by Crippen LogP contribution is 2.34. The summed E-state index contributed by atoms with van der Waals surface area (Å²) in [7, 11) is 0. The second-order valence-corrected chi connectivity index (χ2v) is 7.61. The second-order valence-electron chi connectivity index (χ2n) is 7.61. The molecule has 0 bridgehead atoms. The van der Waals surface area contributed by atoms with Crippen molar-refractivity contribution in [1.29, 1.82) is 0 Å². The van der Waals surface area contributed by atoms with Crippen molar-refractivity contribution in [1.82, 2.24) is 9.88 Å². The van der Waals surface area contributed by atoms with E-state index in [1.54, 1.807) is 11.1 Å². The maximum atomic E-state index is 12.9. The fourth-order valence-electron chi connectivity index (χ4n) is 3.91. The van der Waals surface area contributed by atoms with E-state index in [1.807, 2.05) is 43.3 Å². The van der Waals surface area contributed by atoms with E-state index < -0.39 is 17.8 Å². The topological polar surface area (TPSA) is 45.2 Å². The summed E-state index contributed by atoms with van der Waals surface area (Å²) in [6, 6.07) is 16.1. The van der Waals surface area contributed by atoms with Crippen LogP contribution in [0.5, 0.6) is 0 Å². The van der Waals surface area contributed by atoms with Crippen LogP contribution in [0.25, 0.3) is 11.1 Å². The van der Waals surface area contributed by atoms with Crippen molar-refractivity contribution in [3.63, 3.8) is 0 Å². The monoisotopic (exact) mass is 425 g/mol. The van der Waals surface area contributed by atoms with Gasteiger partial charge >= 0.3 is 6.18 Å². The minimum Gasteiger partial charge on any atom is -0.359 e. The molecule has 1 amide bonds. The van der Waals surface area contributed by atoms with Crippen LogP contribution in [-0.4, -0.2) is 28.4 Å². The number of amides is 1. The average Bonchev–Trinajstić information content (AvgIpc) is 2.78. The molecule has 4 rings (SSSR count). The number of anilines is 1. The van der Waals surface area contributed by atoms with Crippen LogP contribution in [0.4, 0.5) is 19.0 Å². The van der Waals surface area contributed by atoms with E-state index in [9.17, 15) is 18.0 Å². The maximum Gasteiger partial charge on any atom is 0.416 e. The molecule has 3 aromatic rings. The van der Waals surface area contributed by atoms with Gasteiger partial charge in [-0.25, -0.2) is 4.98 Å². The van der Waals surface area contributed by atoms with E-state index in [-0.39, 0.29) is 5.91 Å². The summed E-state index contributed by atoms with van der Waals surface area (Å²) in [5.41, 5.74) is 3.10. The van der Waals surface area contributed by atoms with Gasteiger partial charge in [0.2, 0.25) is 5.91 Å². The summed E-state index contributed by atoms with van der Waals surface area (Å²) in [5.74, 6) is 0.626. The average molecular weight is 425 g/mol. The molecule has 0 saturated heterocycles. The Morgan fingerprint density at radius 2 is 1.84 bits per heavy atom. The third kappa shape index (κ3) is 4.55. The molecule has 2 aromatic carbocycles. The van der Waals surface area contributed by atoms with Gasteiger partial charge in [-0.3, -0.25) is 4.79 Å². The van der Waals surface area contributed by atoms with Crippen molar-refractivity contribution < 1.29 is 18.0 Å². The SMILES string of the molecule is C[C@H](Nc1ccccn1)C(=O)N1CCc2c(cccc2-c2ccc(C(F)(F)F)cc2)C1. The maximum absolute atomic E-state index is 12.9. The van der Waals surface area contributed by atoms with E-state index in [0.717, 1.165) is 34.4 Å². The smallest absolute Gasteiger partial charge is 0.359 e. The zero-order valence-corrected chi connectivity index (χ0v) is 17.0. The van der Waals surface area contributed by atoms with Crippen molar-refractivity contribution in [3.8, 4) is 11.1 Å². The molecule has 0 spiro atoms. The molecule has 0 unspecified atom stereocenters. The first kappa shape index (κ1) is 20.9. The Morgan fingerprint density at radius 3 is 2.52 bits per heavy atom. The first-order valence-corrected chi connectivity index (χ1v) is 10.1. The minimum atomic E-state index is -4.35. The fraction of sp³-hybridized carbons (Fsp3) is 0.250. The Labute approximate surface area is 178 Å². The number of fused-ring (bicyclic) bond motifs is 1. The molecule has 1 N–H and O–H groups in total. The van der Waals surface area contributed by atoms with Gasteiger partial charge in [-0.2, -0.15) is 13.2 Å². The van der Waals surface area contributed by atoms with Gasteiger partial charge in [0.05, 0.1) is 5.56 Å². The number of nitrogens with zero attached hydrogens (tertiary/aromatic N) is 2. The standard InChI is InChI=1S/C24H22F3N3O/c1-16(29-22-7-2-3-13-28-22)23(31)30-14-12-21-18(15-30)5-4-6-20(21)17-8-10-19(11-9-17)24(25,26)27/h2-11,13,16H,12,14-15H2,1H3,(H,28,29)/t16-/m0/s1. The predicted molar refractivity (Wildman–Crippen MR) is 113 cm³/mol. The summed E-state index contributed by atoms with van der Waals surface area (Å²) >= 11 is 0. The van der Waals surface area contributed by atoms with Gasteiger partial charge < -0.3 is 10.2 Å². The summed E-state index contributed by atoms with van der Waals surface area (Å²) in [4.78, 5) is 18.9. The number of pyridine rings is 1. The molecule has 0 fully saturated rings. The van der Waals surface area contributed by atoms with Crippen molar-refractivity contribution in [2.75, 3.05) is 11.9 Å². The molecule has 0 radical (unpaired) electrons. The van der Waals surface area contributed by atoms with Gasteiger partial charge in [0.25, 0.3) is 0 Å². The summed E-state index contributed by atoms with van der Waals surface area (Å²) < 4.78 is 38.6. The first-order valence-electron chi connectivity index (χ1n) is 10.1. The molecule has 1 aromatic heterocycles. The molecule has 7 heteroatoms. The summed E-state index contributed by atoms with van der Waals surface area (Å²) in [6.07, 6.45) is -2.04. The number of hydrogen-bond acceptors (Lipinski definition) is 3. The Kier molecular flexibility index (Phi) is 5.67. The summed E-state index contributed by atoms with van der Waals surface area (Å²) in [6.45, 7) is 2.83. The van der Waals surface area contributed by atoms with Crippen LogP contribution in [0, 0.1) is 0 Å². The number of rotatable bonds is 4. The number of carbonyl (C=O) groups excluding carboxylic acids is 1. The number of nitrogens with one attached hydrogen (secondary N) is 1. The highest BCUT2D eigenvalue weighted by molar-refractivity contribution is 5.84. The van der Waals surface area contributed by atoms with E-state index in [4.69, 9.17) is 0 Å². The Morgan fingerprint density at radius 1 is 1.06 bits per heavy atom. The first-order chi connectivity index (χ1) is 14.8. The van der Waals surface area contributed by atoms with Crippen LogP contribution in [0.15, 0.2) is 66.9 Å². The van der Waals surface area contributed by atoms with E-state index in [0.29, 0.717) is 25.3 Å². The molecule has 1 aliphatic rings. The number of carbonyl (C=O) groups is 1. The molecule has 1 atom stereocenters. The van der Waals surface area contributed by atoms with Crippen molar-refractivity contribution >= 4 is 11.7 Å². The van der Waals surface area contributed by atoms with Crippen LogP contribution in [0.1, 0.15) is 23.6 Å². The van der Waals surface area contributed by atoms with Crippen LogP contribution in [0.2, 0.25) is 0 Å². The van der Waals surface area contributed by atoms with Crippen LogP contribution in [0.3, 0.4) is 0 Å². The predicted octanol–water partition coefficient (Wildman–Crippen LogP) is 5.15. The van der Waals surface area contributed by atoms with E-state index in [1.165, 1.54) is 12.1 Å². The molecular formula is C24H22F3N3O. The lowest BCUT2D eigenvalue weighted by Crippen LogP contribution is -2.44. The number of aromatic nitrogens is 1. The van der Waals surface area contributed by atoms with Crippen LogP contribution >= 0.6 is 0 Å². The van der Waals surface area contributed by atoms with Gasteiger partial charge in [0.1, 0.15) is 11.9 Å². The van der Waals surface area contributed by atoms with Crippen molar-refractivity contribution in [2.45, 2.75) is 32.1 Å². The van der Waals surface area contributed by atoms with Gasteiger partial charge in [-0.05, 0) is 59.9 Å². The van der Waals surface area contributed by atoms with Crippen molar-refractivity contribution in [3.05, 3.63) is 83.6 Å². The molecular weight excluding hydrogens is 403 g/mol. The number of halogens is 3. The molecule has 0 saturated carbocycles. The molecule has 1 aliphatic heterocycles. The van der Waals surface area contributed by atoms with Gasteiger partial charge in [-0.1, -0.05) is 36.4 Å². The lowest BCUT2D eigenvalue weighted by molar-refractivity contribution is -0.137. The highest BCUT2D eigenvalue weighted by Gasteiger charge is 2.30. The third-order valence-corrected chi connectivity index (χ3v) is 5.50. The fourth-order valence-corrected chi connectivity index (χ4v) is 3.91. The van der Waals surface area contributed by atoms with Gasteiger partial charge in [-0.15, -0.1) is 0 Å². The lowest BCUT2D eigenvalue weighted by atomic mass is 9.90. The van der Waals surface area contributed by atoms with E-state index in [2.05, 4.69) is 10.3 Å². The van der Waals surface area contributed by atoms with Crippen LogP contribution in [-0.2, 0) is 23.9 Å². The Hall–Kier alpha value is -3.35. The molecule has 160 valence electrons. The van der Waals surface area contributed by atoms with Crippen molar-refractivity contribution in [2.24, 2.45) is 0 Å². The number of hydrogen-bond donors (Lipinski definition) is 1. The molecule has 4 nitrogen and oxygen atoms in total. The quantitative estimate of drug-likeness (QED) is 0.629. The highest BCUT2D eigenvalue weighted by atomic mass is 19.4. The second kappa shape index (κ2) is 8.41. The largest absolute Gasteiger partial charge is 0.416 e. The molecule has 0 aliphatic carbocycles. The third-order valence-electron chi connectivity index (χ3n) is 5.50. The normalized spacial score (nSPS) is 14.6. The number of benzene rings is 2. The van der Waals surface area contributed by atoms with Crippen LogP contribution < -0.4 is 5.32 Å². The Bertz CT molecular complexity index is 1070. The minimum absolute atomic E-state index is 0.0174. The number of alkyl halides is 3.